The molecule has 2 aliphatic rings. The van der Waals surface area contributed by atoms with Crippen molar-refractivity contribution in [3.8, 4) is 0 Å². The van der Waals surface area contributed by atoms with Crippen LogP contribution in [-0.4, -0.2) is 48.7 Å². The van der Waals surface area contributed by atoms with Crippen molar-refractivity contribution < 1.29 is 14.9 Å². The molecule has 3 N–H and O–H groups in total. The molecule has 0 amide bonds. The van der Waals surface area contributed by atoms with E-state index in [-0.39, 0.29) is 12.0 Å². The van der Waals surface area contributed by atoms with Crippen LogP contribution in [0.5, 0.6) is 0 Å². The molecule has 0 aromatic rings. The van der Waals surface area contributed by atoms with Crippen LogP contribution in [0.4, 0.5) is 0 Å². The van der Waals surface area contributed by atoms with E-state index in [1.54, 1.807) is 0 Å². The summed E-state index contributed by atoms with van der Waals surface area (Å²) in [6.07, 6.45) is 3.04. The average Bonchev–Trinajstić information content (AvgIpc) is 2.31. The summed E-state index contributed by atoms with van der Waals surface area (Å²) < 4.78 is 5.32. The minimum absolute atomic E-state index is 0.0762. The molecule has 0 aromatic carbocycles. The maximum atomic E-state index is 10.7. The number of nitrogens with one attached hydrogen (secondary N) is 1. The first-order valence-electron chi connectivity index (χ1n) is 5.84. The van der Waals surface area contributed by atoms with Crippen LogP contribution in [0.25, 0.3) is 0 Å². The maximum Gasteiger partial charge on any atom is 0.0751 e. The molecule has 2 saturated heterocycles. The minimum Gasteiger partial charge on any atom is -0.396 e. The monoisotopic (exact) mass is 215 g/mol. The molecule has 0 aromatic heterocycles. The van der Waals surface area contributed by atoms with E-state index in [2.05, 4.69) is 5.32 Å². The number of rotatable bonds is 2. The molecule has 0 atom stereocenters. The van der Waals surface area contributed by atoms with Crippen LogP contribution in [0.3, 0.4) is 0 Å². The highest BCUT2D eigenvalue weighted by Crippen LogP contribution is 2.45. The van der Waals surface area contributed by atoms with Crippen molar-refractivity contribution in [1.82, 2.24) is 5.32 Å². The molecule has 2 rings (SSSR count). The van der Waals surface area contributed by atoms with Gasteiger partial charge in [0, 0.05) is 18.6 Å². The van der Waals surface area contributed by atoms with Gasteiger partial charge in [-0.25, -0.2) is 0 Å². The number of aliphatic hydroxyl groups excluding tert-OH is 1. The minimum atomic E-state index is -0.698. The predicted molar refractivity (Wildman–Crippen MR) is 56.6 cm³/mol. The van der Waals surface area contributed by atoms with Crippen molar-refractivity contribution in [1.29, 1.82) is 0 Å². The molecule has 2 heterocycles. The van der Waals surface area contributed by atoms with Crippen LogP contribution >= 0.6 is 0 Å². The Labute approximate surface area is 90.6 Å². The number of piperidine rings is 1. The summed E-state index contributed by atoms with van der Waals surface area (Å²) in [4.78, 5) is 0. The number of aliphatic hydroxyl groups is 2. The first kappa shape index (κ1) is 11.3. The summed E-state index contributed by atoms with van der Waals surface area (Å²) >= 11 is 0. The van der Waals surface area contributed by atoms with Crippen molar-refractivity contribution in [2.24, 2.45) is 5.41 Å². The smallest absolute Gasteiger partial charge is 0.0751 e. The molecule has 0 saturated carbocycles. The maximum absolute atomic E-state index is 10.7. The summed E-state index contributed by atoms with van der Waals surface area (Å²) in [6, 6.07) is 0. The van der Waals surface area contributed by atoms with E-state index >= 15 is 0 Å². The molecular formula is C11H21NO3. The number of ether oxygens (including phenoxy) is 1. The third kappa shape index (κ3) is 1.91. The quantitative estimate of drug-likeness (QED) is 0.601. The highest BCUT2D eigenvalue weighted by atomic mass is 16.5. The molecule has 0 bridgehead atoms. The van der Waals surface area contributed by atoms with Gasteiger partial charge < -0.3 is 20.3 Å². The lowest BCUT2D eigenvalue weighted by molar-refractivity contribution is -0.165. The van der Waals surface area contributed by atoms with Crippen LogP contribution in [0.2, 0.25) is 0 Å². The van der Waals surface area contributed by atoms with E-state index in [4.69, 9.17) is 4.74 Å². The molecule has 0 aliphatic carbocycles. The number of hydrogen-bond acceptors (Lipinski definition) is 4. The molecule has 4 nitrogen and oxygen atoms in total. The molecule has 2 fully saturated rings. The average molecular weight is 215 g/mol. The van der Waals surface area contributed by atoms with Crippen molar-refractivity contribution in [3.63, 3.8) is 0 Å². The van der Waals surface area contributed by atoms with Crippen LogP contribution in [0.15, 0.2) is 0 Å². The molecule has 4 heteroatoms. The lowest BCUT2D eigenvalue weighted by Crippen LogP contribution is -2.57. The number of hydrogen-bond donors (Lipinski definition) is 3. The summed E-state index contributed by atoms with van der Waals surface area (Å²) in [6.45, 7) is 3.09. The zero-order chi connectivity index (χ0) is 10.8. The van der Waals surface area contributed by atoms with Gasteiger partial charge >= 0.3 is 0 Å². The standard InChI is InChI=1S/C11H21NO3/c13-9-10(3-7-15-8-4-10)11(14)1-5-12-6-2-11/h12-14H,1-9H2. The van der Waals surface area contributed by atoms with Gasteiger partial charge in [-0.1, -0.05) is 0 Å². The predicted octanol–water partition coefficient (Wildman–Crippen LogP) is -0.110. The van der Waals surface area contributed by atoms with Crippen molar-refractivity contribution in [2.45, 2.75) is 31.3 Å². The summed E-state index contributed by atoms with van der Waals surface area (Å²) in [7, 11) is 0. The third-order valence-electron chi connectivity index (χ3n) is 4.17. The molecule has 0 spiro atoms. The van der Waals surface area contributed by atoms with Gasteiger partial charge in [0.1, 0.15) is 0 Å². The largest absolute Gasteiger partial charge is 0.396 e. The Bertz CT molecular complexity index is 208. The Morgan fingerprint density at radius 1 is 1.07 bits per heavy atom. The van der Waals surface area contributed by atoms with Crippen molar-refractivity contribution in [3.05, 3.63) is 0 Å². The fourth-order valence-corrected chi connectivity index (χ4v) is 2.90. The SMILES string of the molecule is OCC1(C2(O)CCNCC2)CCOCC1. The lowest BCUT2D eigenvalue weighted by Gasteiger charge is -2.50. The summed E-state index contributed by atoms with van der Waals surface area (Å²) in [5.41, 5.74) is -1.02. The molecule has 0 radical (unpaired) electrons. The van der Waals surface area contributed by atoms with Gasteiger partial charge in [0.05, 0.1) is 12.2 Å². The molecule has 88 valence electrons. The fourth-order valence-electron chi connectivity index (χ4n) is 2.90. The second-order valence-corrected chi connectivity index (χ2v) is 4.83. The topological polar surface area (TPSA) is 61.7 Å². The van der Waals surface area contributed by atoms with Crippen molar-refractivity contribution >= 4 is 0 Å². The van der Waals surface area contributed by atoms with Gasteiger partial charge in [0.15, 0.2) is 0 Å². The van der Waals surface area contributed by atoms with Crippen LogP contribution in [0, 0.1) is 5.41 Å². The Hall–Kier alpha value is -0.160. The zero-order valence-electron chi connectivity index (χ0n) is 9.17. The second kappa shape index (κ2) is 4.37. The van der Waals surface area contributed by atoms with Gasteiger partial charge in [-0.3, -0.25) is 0 Å². The van der Waals surface area contributed by atoms with E-state index in [1.165, 1.54) is 0 Å². The Balaban J connectivity index is 2.15. The fraction of sp³-hybridized carbons (Fsp3) is 1.00. The molecule has 15 heavy (non-hydrogen) atoms. The highest BCUT2D eigenvalue weighted by molar-refractivity contribution is 5.01. The van der Waals surface area contributed by atoms with Crippen molar-refractivity contribution in [2.75, 3.05) is 32.9 Å². The van der Waals surface area contributed by atoms with E-state index in [0.717, 1.165) is 38.8 Å². The van der Waals surface area contributed by atoms with Crippen LogP contribution in [-0.2, 0) is 4.74 Å². The Morgan fingerprint density at radius 3 is 2.20 bits per heavy atom. The van der Waals surface area contributed by atoms with Gasteiger partial charge in [0.25, 0.3) is 0 Å². The van der Waals surface area contributed by atoms with E-state index < -0.39 is 5.60 Å². The van der Waals surface area contributed by atoms with E-state index in [0.29, 0.717) is 13.2 Å². The highest BCUT2D eigenvalue weighted by Gasteiger charge is 2.50. The van der Waals surface area contributed by atoms with Gasteiger partial charge in [-0.2, -0.15) is 0 Å². The normalized spacial score (nSPS) is 30.0. The first-order valence-corrected chi connectivity index (χ1v) is 5.84. The summed E-state index contributed by atoms with van der Waals surface area (Å²) in [5, 5.41) is 23.6. The molecular weight excluding hydrogens is 194 g/mol. The Morgan fingerprint density at radius 2 is 1.67 bits per heavy atom. The van der Waals surface area contributed by atoms with Crippen LogP contribution in [0.1, 0.15) is 25.7 Å². The lowest BCUT2D eigenvalue weighted by atomic mass is 9.63. The first-order chi connectivity index (χ1) is 7.22. The third-order valence-corrected chi connectivity index (χ3v) is 4.17. The second-order valence-electron chi connectivity index (χ2n) is 4.83. The van der Waals surface area contributed by atoms with Gasteiger partial charge in [-0.05, 0) is 38.8 Å². The summed E-state index contributed by atoms with van der Waals surface area (Å²) in [5.74, 6) is 0. The van der Waals surface area contributed by atoms with Gasteiger partial charge in [-0.15, -0.1) is 0 Å². The van der Waals surface area contributed by atoms with Gasteiger partial charge in [0.2, 0.25) is 0 Å². The Kier molecular flexibility index (Phi) is 3.30. The van der Waals surface area contributed by atoms with E-state index in [9.17, 15) is 10.2 Å². The molecule has 0 unspecified atom stereocenters. The van der Waals surface area contributed by atoms with Crippen LogP contribution < -0.4 is 5.32 Å². The molecule has 2 aliphatic heterocycles. The van der Waals surface area contributed by atoms with E-state index in [1.807, 2.05) is 0 Å². The zero-order valence-corrected chi connectivity index (χ0v) is 9.17.